The van der Waals surface area contributed by atoms with E-state index in [1.54, 1.807) is 12.4 Å². The third-order valence-electron chi connectivity index (χ3n) is 5.33. The normalized spacial score (nSPS) is 14.0. The molecule has 1 aliphatic rings. The summed E-state index contributed by atoms with van der Waals surface area (Å²) in [5.41, 5.74) is 5.20. The van der Waals surface area contributed by atoms with Gasteiger partial charge in [0.1, 0.15) is 5.82 Å². The highest BCUT2D eigenvalue weighted by molar-refractivity contribution is 5.53. The van der Waals surface area contributed by atoms with Gasteiger partial charge in [-0.2, -0.15) is 0 Å². The minimum atomic E-state index is -0.0385. The molecule has 0 spiro atoms. The number of benzene rings is 1. The first kappa shape index (κ1) is 18.6. The van der Waals surface area contributed by atoms with E-state index in [-0.39, 0.29) is 5.56 Å². The van der Waals surface area contributed by atoms with Crippen LogP contribution in [0.2, 0.25) is 0 Å². The van der Waals surface area contributed by atoms with E-state index in [4.69, 9.17) is 4.98 Å². The topological polar surface area (TPSA) is 61.9 Å². The van der Waals surface area contributed by atoms with Crippen LogP contribution in [0, 0.1) is 0 Å². The van der Waals surface area contributed by atoms with Gasteiger partial charge >= 0.3 is 0 Å². The van der Waals surface area contributed by atoms with Gasteiger partial charge in [0, 0.05) is 44.0 Å². The zero-order valence-electron chi connectivity index (χ0n) is 16.3. The van der Waals surface area contributed by atoms with Crippen molar-refractivity contribution in [2.45, 2.75) is 45.7 Å². The summed E-state index contributed by atoms with van der Waals surface area (Å²) in [6, 6.07) is 12.7. The lowest BCUT2D eigenvalue weighted by molar-refractivity contribution is 0.242. The highest BCUT2D eigenvalue weighted by Gasteiger charge is 2.21. The number of unbranched alkanes of at least 4 members (excludes halogenated alkanes) is 1. The van der Waals surface area contributed by atoms with Gasteiger partial charge in [0.05, 0.1) is 11.3 Å². The number of fused-ring (bicyclic) bond motifs is 1. The van der Waals surface area contributed by atoms with Crippen LogP contribution in [0.3, 0.4) is 0 Å². The fourth-order valence-electron chi connectivity index (χ4n) is 3.71. The highest BCUT2D eigenvalue weighted by atomic mass is 16.1. The van der Waals surface area contributed by atoms with Crippen LogP contribution in [0.5, 0.6) is 0 Å². The fourth-order valence-corrected chi connectivity index (χ4v) is 3.71. The van der Waals surface area contributed by atoms with E-state index in [1.165, 1.54) is 24.0 Å². The second kappa shape index (κ2) is 8.48. The molecule has 5 nitrogen and oxygen atoms in total. The molecule has 144 valence electrons. The first-order valence-electron chi connectivity index (χ1n) is 10.1. The van der Waals surface area contributed by atoms with E-state index in [1.807, 2.05) is 12.1 Å². The molecule has 1 aliphatic heterocycles. The molecule has 1 aromatic carbocycles. The molecule has 3 heterocycles. The van der Waals surface area contributed by atoms with Gasteiger partial charge in [0.25, 0.3) is 5.56 Å². The van der Waals surface area contributed by atoms with Gasteiger partial charge in [-0.25, -0.2) is 4.98 Å². The molecule has 0 atom stereocenters. The summed E-state index contributed by atoms with van der Waals surface area (Å²) in [7, 11) is 0. The van der Waals surface area contributed by atoms with Crippen LogP contribution in [0.15, 0.2) is 53.6 Å². The number of H-pyrrole nitrogens is 1. The SMILES string of the molecule is CCCCc1ccc(CN2CCc3nc(-c4cccnc4)[nH]c(=O)c3C2)cc1. The van der Waals surface area contributed by atoms with E-state index in [0.717, 1.165) is 42.8 Å². The van der Waals surface area contributed by atoms with Gasteiger partial charge in [-0.15, -0.1) is 0 Å². The third-order valence-corrected chi connectivity index (χ3v) is 5.33. The minimum Gasteiger partial charge on any atom is -0.306 e. The van der Waals surface area contributed by atoms with Crippen molar-refractivity contribution in [3.05, 3.63) is 81.5 Å². The quantitative estimate of drug-likeness (QED) is 0.714. The van der Waals surface area contributed by atoms with Gasteiger partial charge in [-0.1, -0.05) is 37.6 Å². The first-order valence-corrected chi connectivity index (χ1v) is 10.1. The zero-order chi connectivity index (χ0) is 19.3. The van der Waals surface area contributed by atoms with Crippen LogP contribution in [0.25, 0.3) is 11.4 Å². The van der Waals surface area contributed by atoms with Crippen molar-refractivity contribution < 1.29 is 0 Å². The molecule has 28 heavy (non-hydrogen) atoms. The largest absolute Gasteiger partial charge is 0.306 e. The van der Waals surface area contributed by atoms with Gasteiger partial charge in [-0.3, -0.25) is 14.7 Å². The molecule has 0 unspecified atom stereocenters. The van der Waals surface area contributed by atoms with Crippen LogP contribution in [-0.2, 0) is 25.9 Å². The van der Waals surface area contributed by atoms with Crippen molar-refractivity contribution in [1.82, 2.24) is 19.9 Å². The number of aromatic amines is 1. The van der Waals surface area contributed by atoms with Crippen molar-refractivity contribution in [2.75, 3.05) is 6.54 Å². The van der Waals surface area contributed by atoms with Crippen molar-refractivity contribution in [3.63, 3.8) is 0 Å². The van der Waals surface area contributed by atoms with Crippen molar-refractivity contribution in [3.8, 4) is 11.4 Å². The smallest absolute Gasteiger partial charge is 0.255 e. The Labute approximate surface area is 165 Å². The molecule has 0 radical (unpaired) electrons. The summed E-state index contributed by atoms with van der Waals surface area (Å²) in [6.45, 7) is 4.63. The molecule has 0 saturated heterocycles. The van der Waals surface area contributed by atoms with Crippen molar-refractivity contribution >= 4 is 0 Å². The number of hydrogen-bond acceptors (Lipinski definition) is 4. The molecular formula is C23H26N4O. The molecule has 1 N–H and O–H groups in total. The summed E-state index contributed by atoms with van der Waals surface area (Å²) in [5.74, 6) is 0.605. The Balaban J connectivity index is 1.47. The van der Waals surface area contributed by atoms with E-state index < -0.39 is 0 Å². The summed E-state index contributed by atoms with van der Waals surface area (Å²) in [6.07, 6.45) is 7.84. The maximum absolute atomic E-state index is 12.7. The lowest BCUT2D eigenvalue weighted by atomic mass is 10.0. The van der Waals surface area contributed by atoms with Gasteiger partial charge < -0.3 is 4.98 Å². The minimum absolute atomic E-state index is 0.0385. The van der Waals surface area contributed by atoms with Gasteiger partial charge in [-0.05, 0) is 36.1 Å². The summed E-state index contributed by atoms with van der Waals surface area (Å²) < 4.78 is 0. The van der Waals surface area contributed by atoms with Crippen molar-refractivity contribution in [2.24, 2.45) is 0 Å². The number of aryl methyl sites for hydroxylation is 1. The Morgan fingerprint density at radius 3 is 2.71 bits per heavy atom. The number of hydrogen-bond donors (Lipinski definition) is 1. The number of nitrogens with one attached hydrogen (secondary N) is 1. The molecule has 3 aromatic rings. The Bertz CT molecular complexity index is 980. The Morgan fingerprint density at radius 2 is 1.96 bits per heavy atom. The molecule has 0 fully saturated rings. The summed E-state index contributed by atoms with van der Waals surface area (Å²) in [4.78, 5) is 26.7. The van der Waals surface area contributed by atoms with Crippen molar-refractivity contribution in [1.29, 1.82) is 0 Å². The molecule has 0 aliphatic carbocycles. The highest BCUT2D eigenvalue weighted by Crippen LogP contribution is 2.20. The van der Waals surface area contributed by atoms with Crippen LogP contribution in [0.4, 0.5) is 0 Å². The fraction of sp³-hybridized carbons (Fsp3) is 0.348. The van der Waals surface area contributed by atoms with E-state index >= 15 is 0 Å². The maximum atomic E-state index is 12.7. The van der Waals surface area contributed by atoms with Gasteiger partial charge in [0.15, 0.2) is 0 Å². The Morgan fingerprint density at radius 1 is 1.14 bits per heavy atom. The van der Waals surface area contributed by atoms with Crippen LogP contribution < -0.4 is 5.56 Å². The van der Waals surface area contributed by atoms with E-state index in [2.05, 4.69) is 46.1 Å². The Kier molecular flexibility index (Phi) is 5.63. The molecule has 0 bridgehead atoms. The van der Waals surface area contributed by atoms with Crippen LogP contribution >= 0.6 is 0 Å². The zero-order valence-corrected chi connectivity index (χ0v) is 16.3. The average molecular weight is 374 g/mol. The van der Waals surface area contributed by atoms with E-state index in [9.17, 15) is 4.79 Å². The first-order chi connectivity index (χ1) is 13.7. The lowest BCUT2D eigenvalue weighted by Gasteiger charge is -2.27. The summed E-state index contributed by atoms with van der Waals surface area (Å²) in [5, 5.41) is 0. The predicted octanol–water partition coefficient (Wildman–Crippen LogP) is 3.73. The number of aromatic nitrogens is 3. The molecule has 0 amide bonds. The monoisotopic (exact) mass is 374 g/mol. The average Bonchev–Trinajstić information content (AvgIpc) is 2.74. The number of pyridine rings is 1. The molecule has 0 saturated carbocycles. The third kappa shape index (κ3) is 4.20. The Hall–Kier alpha value is -2.79. The second-order valence-electron chi connectivity index (χ2n) is 7.46. The molecule has 5 heteroatoms. The number of rotatable bonds is 6. The lowest BCUT2D eigenvalue weighted by Crippen LogP contribution is -2.35. The predicted molar refractivity (Wildman–Crippen MR) is 111 cm³/mol. The van der Waals surface area contributed by atoms with Gasteiger partial charge in [0.2, 0.25) is 0 Å². The number of nitrogens with zero attached hydrogens (tertiary/aromatic N) is 3. The standard InChI is InChI=1S/C23H26N4O/c1-2-3-5-17-7-9-18(10-8-17)15-27-13-11-21-20(16-27)23(28)26-22(25-21)19-6-4-12-24-14-19/h4,6-10,12,14H,2-3,5,11,13,15-16H2,1H3,(H,25,26,28). The van der Waals surface area contributed by atoms with Crippen LogP contribution in [0.1, 0.15) is 42.1 Å². The summed E-state index contributed by atoms with van der Waals surface area (Å²) >= 11 is 0. The maximum Gasteiger partial charge on any atom is 0.255 e. The molecule has 4 rings (SSSR count). The van der Waals surface area contributed by atoms with Crippen LogP contribution in [-0.4, -0.2) is 26.4 Å². The molecule has 2 aromatic heterocycles. The van der Waals surface area contributed by atoms with E-state index in [0.29, 0.717) is 12.4 Å². The molecular weight excluding hydrogens is 348 g/mol. The second-order valence-corrected chi connectivity index (χ2v) is 7.46.